The fraction of sp³-hybridized carbons (Fsp3) is 0.850. The van der Waals surface area contributed by atoms with Gasteiger partial charge in [0.1, 0.15) is 6.04 Å². The van der Waals surface area contributed by atoms with Crippen molar-refractivity contribution in [2.24, 2.45) is 11.8 Å². The molecule has 0 radical (unpaired) electrons. The Morgan fingerprint density at radius 2 is 1.97 bits per heavy atom. The molecular formula is C20H32BrN3O4S. The molecule has 3 rings (SSSR count). The van der Waals surface area contributed by atoms with Crippen molar-refractivity contribution in [1.29, 1.82) is 0 Å². The number of carbonyl (C=O) groups excluding carboxylic acids is 3. The summed E-state index contributed by atoms with van der Waals surface area (Å²) in [4.78, 5) is 41.3. The number of nitrogens with zero attached hydrogens (tertiary/aromatic N) is 1. The van der Waals surface area contributed by atoms with Gasteiger partial charge in [-0.2, -0.15) is 0 Å². The SMILES string of the molecule is CNC(=O)[C@H]1[C@H]2C(=O)N(CCCCCCO)C(C(=O)NC(C)C)C23CC(Br)[C@@H]1S3. The van der Waals surface area contributed by atoms with E-state index >= 15 is 0 Å². The predicted molar refractivity (Wildman–Crippen MR) is 117 cm³/mol. The summed E-state index contributed by atoms with van der Waals surface area (Å²) in [5.41, 5.74) is 0. The first-order chi connectivity index (χ1) is 13.8. The zero-order chi connectivity index (χ0) is 21.3. The Morgan fingerprint density at radius 3 is 2.59 bits per heavy atom. The van der Waals surface area contributed by atoms with Crippen molar-refractivity contribution in [1.82, 2.24) is 15.5 Å². The molecule has 1 spiro atoms. The van der Waals surface area contributed by atoms with E-state index in [2.05, 4.69) is 26.6 Å². The number of nitrogens with one attached hydrogen (secondary N) is 2. The highest BCUT2D eigenvalue weighted by molar-refractivity contribution is 9.09. The minimum absolute atomic E-state index is 0.00459. The lowest BCUT2D eigenvalue weighted by molar-refractivity contribution is -0.140. The molecule has 3 N–H and O–H groups in total. The van der Waals surface area contributed by atoms with Crippen LogP contribution in [0.2, 0.25) is 0 Å². The first-order valence-corrected chi connectivity index (χ1v) is 12.3. The van der Waals surface area contributed by atoms with Crippen LogP contribution in [0.15, 0.2) is 0 Å². The van der Waals surface area contributed by atoms with Gasteiger partial charge in [0.05, 0.1) is 16.6 Å². The fourth-order valence-corrected chi connectivity index (χ4v) is 8.86. The van der Waals surface area contributed by atoms with Crippen LogP contribution in [0.5, 0.6) is 0 Å². The van der Waals surface area contributed by atoms with Gasteiger partial charge in [0, 0.05) is 36.3 Å². The van der Waals surface area contributed by atoms with Crippen LogP contribution in [-0.2, 0) is 14.4 Å². The largest absolute Gasteiger partial charge is 0.396 e. The Labute approximate surface area is 185 Å². The maximum Gasteiger partial charge on any atom is 0.244 e. The predicted octanol–water partition coefficient (Wildman–Crippen LogP) is 1.27. The Morgan fingerprint density at radius 1 is 1.28 bits per heavy atom. The molecule has 0 aromatic heterocycles. The van der Waals surface area contributed by atoms with Crippen LogP contribution in [0.3, 0.4) is 0 Å². The van der Waals surface area contributed by atoms with E-state index in [1.807, 2.05) is 13.8 Å². The number of halogens is 1. The number of rotatable bonds is 9. The number of thioether (sulfide) groups is 1. The van der Waals surface area contributed by atoms with Crippen LogP contribution in [0.1, 0.15) is 46.0 Å². The Bertz CT molecular complexity index is 664. The number of likely N-dealkylation sites (tertiary alicyclic amines) is 1. The van der Waals surface area contributed by atoms with Crippen molar-refractivity contribution in [3.05, 3.63) is 0 Å². The minimum Gasteiger partial charge on any atom is -0.396 e. The molecule has 0 aromatic rings. The molecule has 0 saturated carbocycles. The summed E-state index contributed by atoms with van der Waals surface area (Å²) >= 11 is 5.39. The molecule has 3 aliphatic heterocycles. The van der Waals surface area contributed by atoms with Gasteiger partial charge in [0.25, 0.3) is 0 Å². The average Bonchev–Trinajstić information content (AvgIpc) is 3.24. The van der Waals surface area contributed by atoms with Gasteiger partial charge in [-0.05, 0) is 33.1 Å². The second kappa shape index (κ2) is 9.14. The average molecular weight is 490 g/mol. The number of hydrogen-bond acceptors (Lipinski definition) is 5. The smallest absolute Gasteiger partial charge is 0.244 e. The van der Waals surface area contributed by atoms with Gasteiger partial charge in [-0.1, -0.05) is 28.8 Å². The minimum atomic E-state index is -0.558. The van der Waals surface area contributed by atoms with E-state index in [0.717, 1.165) is 25.7 Å². The second-order valence-electron chi connectivity index (χ2n) is 8.61. The van der Waals surface area contributed by atoms with Crippen molar-refractivity contribution < 1.29 is 19.5 Å². The second-order valence-corrected chi connectivity index (χ2v) is 11.3. The van der Waals surface area contributed by atoms with Crippen LogP contribution < -0.4 is 10.6 Å². The number of amides is 3. The standard InChI is InChI=1S/C20H32BrN3O4S/c1-11(2)23-18(27)16-20-10-12(21)15(29-20)13(17(26)22-3)14(20)19(28)24(16)8-6-4-5-7-9-25/h11-16,25H,4-10H2,1-3H3,(H,22,26)(H,23,27)/t12?,13-,14-,15-,16?,20?/m0/s1. The van der Waals surface area contributed by atoms with E-state index < -0.39 is 22.6 Å². The molecule has 9 heteroatoms. The number of fused-ring (bicyclic) bond motifs is 1. The molecule has 3 amide bonds. The summed E-state index contributed by atoms with van der Waals surface area (Å²) in [6.07, 6.45) is 4.05. The van der Waals surface area contributed by atoms with Gasteiger partial charge in [0.15, 0.2) is 0 Å². The molecular weight excluding hydrogens is 458 g/mol. The summed E-state index contributed by atoms with van der Waals surface area (Å²) in [7, 11) is 1.61. The van der Waals surface area contributed by atoms with Gasteiger partial charge in [-0.3, -0.25) is 14.4 Å². The van der Waals surface area contributed by atoms with Crippen molar-refractivity contribution in [2.45, 2.75) is 72.9 Å². The van der Waals surface area contributed by atoms with Crippen LogP contribution in [0, 0.1) is 11.8 Å². The summed E-state index contributed by atoms with van der Waals surface area (Å²) in [5, 5.41) is 14.7. The molecule has 2 bridgehead atoms. The maximum absolute atomic E-state index is 13.5. The summed E-state index contributed by atoms with van der Waals surface area (Å²) < 4.78 is -0.558. The normalized spacial score (nSPS) is 35.3. The van der Waals surface area contributed by atoms with E-state index in [-0.39, 0.29) is 40.4 Å². The lowest BCUT2D eigenvalue weighted by Crippen LogP contribution is -2.55. The molecule has 0 aliphatic carbocycles. The van der Waals surface area contributed by atoms with Gasteiger partial charge < -0.3 is 20.6 Å². The lowest BCUT2D eigenvalue weighted by atomic mass is 9.70. The Balaban J connectivity index is 1.89. The third-order valence-electron chi connectivity index (χ3n) is 6.32. The van der Waals surface area contributed by atoms with Crippen LogP contribution >= 0.6 is 27.7 Å². The molecule has 0 aromatic carbocycles. The number of hydrogen-bond donors (Lipinski definition) is 3. The molecule has 6 atom stereocenters. The van der Waals surface area contributed by atoms with Crippen LogP contribution in [-0.4, -0.2) is 74.8 Å². The topological polar surface area (TPSA) is 98.7 Å². The van der Waals surface area contributed by atoms with E-state index in [1.165, 1.54) is 0 Å². The van der Waals surface area contributed by atoms with Crippen molar-refractivity contribution in [3.8, 4) is 0 Å². The number of aliphatic hydroxyl groups excluding tert-OH is 1. The number of unbranched alkanes of at least 4 members (excludes halogenated alkanes) is 3. The third kappa shape index (κ3) is 3.94. The number of aliphatic hydroxyl groups is 1. The molecule has 164 valence electrons. The molecule has 3 unspecified atom stereocenters. The summed E-state index contributed by atoms with van der Waals surface area (Å²) in [5.74, 6) is -1.15. The van der Waals surface area contributed by atoms with Crippen molar-refractivity contribution >= 4 is 45.4 Å². The van der Waals surface area contributed by atoms with Gasteiger partial charge in [0.2, 0.25) is 17.7 Å². The highest BCUT2D eigenvalue weighted by atomic mass is 79.9. The molecule has 7 nitrogen and oxygen atoms in total. The van der Waals surface area contributed by atoms with Crippen LogP contribution in [0.4, 0.5) is 0 Å². The molecule has 3 saturated heterocycles. The third-order valence-corrected chi connectivity index (χ3v) is 9.54. The number of alkyl halides is 1. The van der Waals surface area contributed by atoms with E-state index in [9.17, 15) is 14.4 Å². The first kappa shape index (κ1) is 22.9. The van der Waals surface area contributed by atoms with Crippen LogP contribution in [0.25, 0.3) is 0 Å². The van der Waals surface area contributed by atoms with Crippen molar-refractivity contribution in [2.75, 3.05) is 20.2 Å². The van der Waals surface area contributed by atoms with Gasteiger partial charge >= 0.3 is 0 Å². The quantitative estimate of drug-likeness (QED) is 0.334. The summed E-state index contributed by atoms with van der Waals surface area (Å²) in [6.45, 7) is 4.52. The summed E-state index contributed by atoms with van der Waals surface area (Å²) in [6, 6.07) is -0.567. The Hall–Kier alpha value is -0.800. The molecule has 3 heterocycles. The van der Waals surface area contributed by atoms with Gasteiger partial charge in [-0.25, -0.2) is 0 Å². The lowest BCUT2D eigenvalue weighted by Gasteiger charge is -2.35. The molecule has 29 heavy (non-hydrogen) atoms. The van der Waals surface area contributed by atoms with E-state index in [1.54, 1.807) is 23.7 Å². The molecule has 3 aliphatic rings. The first-order valence-electron chi connectivity index (χ1n) is 10.5. The Kier molecular flexibility index (Phi) is 7.21. The zero-order valence-electron chi connectivity index (χ0n) is 17.3. The van der Waals surface area contributed by atoms with Crippen molar-refractivity contribution in [3.63, 3.8) is 0 Å². The van der Waals surface area contributed by atoms with E-state index in [0.29, 0.717) is 13.0 Å². The number of carbonyl (C=O) groups is 3. The fourth-order valence-electron chi connectivity index (χ4n) is 5.25. The zero-order valence-corrected chi connectivity index (χ0v) is 19.7. The monoisotopic (exact) mass is 489 g/mol. The molecule has 3 fully saturated rings. The highest BCUT2D eigenvalue weighted by Gasteiger charge is 2.75. The van der Waals surface area contributed by atoms with E-state index in [4.69, 9.17) is 5.11 Å². The van der Waals surface area contributed by atoms with Gasteiger partial charge in [-0.15, -0.1) is 11.8 Å². The maximum atomic E-state index is 13.5. The highest BCUT2D eigenvalue weighted by Crippen LogP contribution is 2.67.